The average Bonchev–Trinajstić information content (AvgIpc) is 3.18. The van der Waals surface area contributed by atoms with Gasteiger partial charge in [0.2, 0.25) is 5.43 Å². The topological polar surface area (TPSA) is 119 Å². The van der Waals surface area contributed by atoms with Gasteiger partial charge in [-0.15, -0.1) is 0 Å². The van der Waals surface area contributed by atoms with E-state index in [1.165, 1.54) is 24.4 Å². The number of aromatic nitrogens is 2. The zero-order valence-electron chi connectivity index (χ0n) is 29.8. The Kier molecular flexibility index (Phi) is 11.0. The molecule has 0 saturated carbocycles. The van der Waals surface area contributed by atoms with Crippen LogP contribution in [0.15, 0.2) is 65.7 Å². The molecule has 2 N–H and O–H groups in total. The van der Waals surface area contributed by atoms with Crippen molar-refractivity contribution in [2.45, 2.75) is 19.9 Å². The number of aryl methyl sites for hydroxylation is 1. The molecule has 278 valence electrons. The third-order valence-corrected chi connectivity index (χ3v) is 9.57. The van der Waals surface area contributed by atoms with Gasteiger partial charge in [-0.05, 0) is 49.7 Å². The SMILES string of the molecule is CCn1cc(C(=O)Nc2ccc(Oc3ccnc4cc(OCCCN5CCOCC5)c(OC)cc34)c(F)c2)c(=O)c2cc(F)c(N3CCNCC3)cc21. The largest absolute Gasteiger partial charge is 0.493 e. The first-order valence-electron chi connectivity index (χ1n) is 17.8. The van der Waals surface area contributed by atoms with E-state index in [4.69, 9.17) is 18.9 Å². The first-order chi connectivity index (χ1) is 25.8. The summed E-state index contributed by atoms with van der Waals surface area (Å²) in [5.41, 5.74) is 0.824. The van der Waals surface area contributed by atoms with Gasteiger partial charge in [0.05, 0.1) is 43.7 Å². The number of hydrogen-bond acceptors (Lipinski definition) is 10. The highest BCUT2D eigenvalue weighted by molar-refractivity contribution is 6.06. The second kappa shape index (κ2) is 16.1. The molecule has 0 unspecified atom stereocenters. The van der Waals surface area contributed by atoms with Gasteiger partial charge in [0.15, 0.2) is 23.1 Å². The van der Waals surface area contributed by atoms with E-state index in [-0.39, 0.29) is 22.4 Å². The number of morpholine rings is 1. The minimum absolute atomic E-state index is 0.0901. The van der Waals surface area contributed by atoms with Crippen LogP contribution in [0.3, 0.4) is 0 Å². The van der Waals surface area contributed by atoms with Crippen LogP contribution < -0.4 is 35.2 Å². The van der Waals surface area contributed by atoms with E-state index in [1.807, 2.05) is 11.8 Å². The van der Waals surface area contributed by atoms with E-state index in [0.717, 1.165) is 58.4 Å². The first-order valence-corrected chi connectivity index (χ1v) is 17.8. The maximum atomic E-state index is 15.5. The van der Waals surface area contributed by atoms with Crippen molar-refractivity contribution in [3.8, 4) is 23.0 Å². The van der Waals surface area contributed by atoms with E-state index >= 15 is 8.78 Å². The van der Waals surface area contributed by atoms with E-state index in [2.05, 4.69) is 20.5 Å². The predicted molar refractivity (Wildman–Crippen MR) is 199 cm³/mol. The van der Waals surface area contributed by atoms with Crippen LogP contribution in [0.4, 0.5) is 20.2 Å². The van der Waals surface area contributed by atoms with Gasteiger partial charge in [0.25, 0.3) is 5.91 Å². The van der Waals surface area contributed by atoms with Crippen molar-refractivity contribution >= 4 is 39.1 Å². The molecule has 0 atom stereocenters. The van der Waals surface area contributed by atoms with Gasteiger partial charge in [0, 0.05) is 93.3 Å². The van der Waals surface area contributed by atoms with E-state index < -0.39 is 23.0 Å². The number of piperazine rings is 1. The Morgan fingerprint density at radius 2 is 1.75 bits per heavy atom. The second-order valence-electron chi connectivity index (χ2n) is 12.9. The number of benzene rings is 3. The number of anilines is 2. The van der Waals surface area contributed by atoms with Crippen LogP contribution in [0, 0.1) is 11.6 Å². The van der Waals surface area contributed by atoms with Crippen molar-refractivity contribution in [2.75, 3.05) is 83.0 Å². The van der Waals surface area contributed by atoms with Crippen molar-refractivity contribution < 1.29 is 32.5 Å². The number of rotatable bonds is 12. The third kappa shape index (κ3) is 7.89. The number of nitrogens with zero attached hydrogens (tertiary/aromatic N) is 4. The molecule has 2 aliphatic rings. The molecule has 2 fully saturated rings. The molecule has 3 aromatic carbocycles. The van der Waals surface area contributed by atoms with Crippen LogP contribution in [0.1, 0.15) is 23.7 Å². The summed E-state index contributed by atoms with van der Waals surface area (Å²) in [5, 5.41) is 6.53. The van der Waals surface area contributed by atoms with Crippen LogP contribution >= 0.6 is 0 Å². The highest BCUT2D eigenvalue weighted by atomic mass is 19.1. The molecule has 0 bridgehead atoms. The van der Waals surface area contributed by atoms with Crippen molar-refractivity contribution in [1.29, 1.82) is 0 Å². The van der Waals surface area contributed by atoms with Gasteiger partial charge in [-0.25, -0.2) is 8.78 Å². The lowest BCUT2D eigenvalue weighted by Crippen LogP contribution is -2.43. The lowest BCUT2D eigenvalue weighted by atomic mass is 10.1. The molecule has 53 heavy (non-hydrogen) atoms. The predicted octanol–water partition coefficient (Wildman–Crippen LogP) is 5.41. The summed E-state index contributed by atoms with van der Waals surface area (Å²) in [5.74, 6) is -0.742. The minimum Gasteiger partial charge on any atom is -0.493 e. The zero-order valence-corrected chi connectivity index (χ0v) is 29.8. The molecule has 2 aromatic heterocycles. The molecule has 14 heteroatoms. The van der Waals surface area contributed by atoms with Crippen molar-refractivity contribution in [2.24, 2.45) is 0 Å². The fraction of sp³-hybridized carbons (Fsp3) is 0.359. The number of methoxy groups -OCH3 is 1. The molecule has 7 rings (SSSR count). The molecule has 0 radical (unpaired) electrons. The van der Waals surface area contributed by atoms with Gasteiger partial charge < -0.3 is 39.0 Å². The Hall–Kier alpha value is -5.31. The van der Waals surface area contributed by atoms with Gasteiger partial charge in [-0.1, -0.05) is 0 Å². The summed E-state index contributed by atoms with van der Waals surface area (Å²) < 4.78 is 55.6. The molecule has 2 saturated heterocycles. The van der Waals surface area contributed by atoms with E-state index in [9.17, 15) is 9.59 Å². The summed E-state index contributed by atoms with van der Waals surface area (Å²) >= 11 is 0. The Labute approximate surface area is 305 Å². The fourth-order valence-corrected chi connectivity index (χ4v) is 6.73. The Balaban J connectivity index is 1.06. The molecule has 1 amide bonds. The highest BCUT2D eigenvalue weighted by Crippen LogP contribution is 2.38. The number of pyridine rings is 2. The number of halogens is 2. The van der Waals surface area contributed by atoms with E-state index in [1.54, 1.807) is 42.1 Å². The maximum Gasteiger partial charge on any atom is 0.261 e. The molecule has 4 heterocycles. The number of carbonyl (C=O) groups excluding carboxylic acids is 1. The van der Waals surface area contributed by atoms with Gasteiger partial charge in [0.1, 0.15) is 17.1 Å². The van der Waals surface area contributed by atoms with E-state index in [0.29, 0.717) is 65.6 Å². The molecule has 2 aliphatic heterocycles. The Bertz CT molecular complexity index is 2180. The zero-order chi connectivity index (χ0) is 36.9. The third-order valence-electron chi connectivity index (χ3n) is 9.57. The summed E-state index contributed by atoms with van der Waals surface area (Å²) in [7, 11) is 1.55. The summed E-state index contributed by atoms with van der Waals surface area (Å²) in [6.45, 7) is 9.77. The number of nitrogens with one attached hydrogen (secondary N) is 2. The number of fused-ring (bicyclic) bond motifs is 2. The first kappa shape index (κ1) is 36.1. The van der Waals surface area contributed by atoms with Gasteiger partial charge in [-0.3, -0.25) is 19.5 Å². The average molecular weight is 729 g/mol. The van der Waals surface area contributed by atoms with Crippen molar-refractivity contribution in [3.63, 3.8) is 0 Å². The minimum atomic E-state index is -0.745. The fourth-order valence-electron chi connectivity index (χ4n) is 6.73. The number of hydrogen-bond donors (Lipinski definition) is 2. The van der Waals surface area contributed by atoms with Gasteiger partial charge >= 0.3 is 0 Å². The smallest absolute Gasteiger partial charge is 0.261 e. The number of carbonyl (C=O) groups is 1. The standard InChI is InChI=1S/C39H42F2N6O6/c1-3-46-24-28(38(48)27-20-29(40)33(23-32(27)46)47-12-9-42-10-13-47)39(49)44-25-5-6-35(30(41)19-25)53-34-7-8-43-31-22-37(36(50-2)21-26(31)34)52-16-4-11-45-14-17-51-18-15-45/h5-8,19-24,42H,3-4,9-18H2,1-2H3,(H,44,49). The lowest BCUT2D eigenvalue weighted by molar-refractivity contribution is 0.0357. The molecule has 0 spiro atoms. The van der Waals surface area contributed by atoms with Crippen molar-refractivity contribution in [3.05, 3.63) is 88.3 Å². The second-order valence-corrected chi connectivity index (χ2v) is 12.9. The van der Waals surface area contributed by atoms with Crippen molar-refractivity contribution in [1.82, 2.24) is 19.8 Å². The summed E-state index contributed by atoms with van der Waals surface area (Å²) in [6, 6.07) is 12.0. The quantitative estimate of drug-likeness (QED) is 0.162. The highest BCUT2D eigenvalue weighted by Gasteiger charge is 2.22. The van der Waals surface area contributed by atoms with Crippen LogP contribution in [-0.4, -0.2) is 93.1 Å². The Morgan fingerprint density at radius 3 is 2.51 bits per heavy atom. The number of amides is 1. The Morgan fingerprint density at radius 1 is 0.943 bits per heavy atom. The molecule has 5 aromatic rings. The number of ether oxygens (including phenoxy) is 4. The van der Waals surface area contributed by atoms with Crippen LogP contribution in [0.2, 0.25) is 0 Å². The molecular formula is C39H42F2N6O6. The lowest BCUT2D eigenvalue weighted by Gasteiger charge is -2.30. The summed E-state index contributed by atoms with van der Waals surface area (Å²) in [6.07, 6.45) is 3.85. The van der Waals surface area contributed by atoms with Crippen LogP contribution in [0.25, 0.3) is 21.8 Å². The maximum absolute atomic E-state index is 15.5. The van der Waals surface area contributed by atoms with Crippen LogP contribution in [-0.2, 0) is 11.3 Å². The normalized spacial score (nSPS) is 15.1. The molecule has 12 nitrogen and oxygen atoms in total. The van der Waals surface area contributed by atoms with Crippen LogP contribution in [0.5, 0.6) is 23.0 Å². The van der Waals surface area contributed by atoms with Gasteiger partial charge in [-0.2, -0.15) is 0 Å². The monoisotopic (exact) mass is 728 g/mol. The molecule has 0 aliphatic carbocycles. The summed E-state index contributed by atoms with van der Waals surface area (Å²) in [4.78, 5) is 35.6. The molecular weight excluding hydrogens is 686 g/mol.